The van der Waals surface area contributed by atoms with E-state index in [0.717, 1.165) is 17.0 Å². The van der Waals surface area contributed by atoms with Gasteiger partial charge in [0.15, 0.2) is 0 Å². The molecule has 3 aromatic heterocycles. The van der Waals surface area contributed by atoms with Gasteiger partial charge in [-0.3, -0.25) is 5.32 Å². The summed E-state index contributed by atoms with van der Waals surface area (Å²) in [6.07, 6.45) is -0.253. The quantitative estimate of drug-likeness (QED) is 0.183. The van der Waals surface area contributed by atoms with Gasteiger partial charge in [-0.1, -0.05) is 133 Å². The molecule has 270 valence electrons. The molecule has 1 aliphatic rings. The number of hydrogen-bond acceptors (Lipinski definition) is 5. The molecule has 0 fully saturated rings. The average Bonchev–Trinajstić information content (AvgIpc) is 3.95. The lowest BCUT2D eigenvalue weighted by atomic mass is 10.0. The van der Waals surface area contributed by atoms with Crippen molar-refractivity contribution in [2.45, 2.75) is 12.3 Å². The lowest BCUT2D eigenvalue weighted by Gasteiger charge is -2.32. The largest absolute Gasteiger partial charge is 0.350 e. The van der Waals surface area contributed by atoms with Gasteiger partial charge in [0.2, 0.25) is 0 Å². The minimum atomic E-state index is -0.173. The summed E-state index contributed by atoms with van der Waals surface area (Å²) in [7, 11) is 0. The number of benzene rings is 8. The Morgan fingerprint density at radius 2 is 1.07 bits per heavy atom. The van der Waals surface area contributed by atoms with Crippen molar-refractivity contribution in [1.29, 1.82) is 0 Å². The minimum absolute atomic E-state index is 0.0794. The molecule has 2 unspecified atom stereocenters. The zero-order chi connectivity index (χ0) is 37.5. The molecule has 4 heterocycles. The first-order valence-corrected chi connectivity index (χ1v) is 21.0. The molecule has 0 saturated carbocycles. The van der Waals surface area contributed by atoms with Crippen molar-refractivity contribution < 1.29 is 0 Å². The Morgan fingerprint density at radius 3 is 1.79 bits per heavy atom. The van der Waals surface area contributed by atoms with E-state index in [1.807, 2.05) is 22.7 Å². The van der Waals surface area contributed by atoms with E-state index in [9.17, 15) is 0 Å². The molecular weight excluding hydrogens is 733 g/mol. The summed E-state index contributed by atoms with van der Waals surface area (Å²) in [5.74, 6) is 0.908. The summed E-state index contributed by atoms with van der Waals surface area (Å²) in [6.45, 7) is 0. The number of amidine groups is 1. The van der Waals surface area contributed by atoms with Gasteiger partial charge in [0.05, 0.1) is 11.0 Å². The molecule has 0 saturated heterocycles. The molecule has 2 N–H and O–H groups in total. The second kappa shape index (κ2) is 13.0. The number of hydrogen-bond donors (Lipinski definition) is 2. The Balaban J connectivity index is 0.928. The Hall–Kier alpha value is -6.57. The molecule has 1 aliphatic heterocycles. The van der Waals surface area contributed by atoms with Crippen LogP contribution in [0, 0.1) is 0 Å². The third-order valence-corrected chi connectivity index (χ3v) is 13.8. The van der Waals surface area contributed by atoms with Crippen LogP contribution in [0.3, 0.4) is 0 Å². The summed E-state index contributed by atoms with van der Waals surface area (Å²) >= 11 is 3.73. The van der Waals surface area contributed by atoms with Gasteiger partial charge in [0, 0.05) is 62.4 Å². The van der Waals surface area contributed by atoms with Crippen molar-refractivity contribution in [1.82, 2.24) is 15.2 Å². The van der Waals surface area contributed by atoms with E-state index < -0.39 is 0 Å². The number of nitrogens with one attached hydrogen (secondary N) is 2. The maximum absolute atomic E-state index is 5.28. The first-order chi connectivity index (χ1) is 28.2. The molecule has 8 aromatic carbocycles. The third kappa shape index (κ3) is 5.33. The summed E-state index contributed by atoms with van der Waals surface area (Å²) in [5.41, 5.74) is 9.57. The van der Waals surface area contributed by atoms with Crippen molar-refractivity contribution in [3.05, 3.63) is 199 Å². The highest BCUT2D eigenvalue weighted by molar-refractivity contribution is 7.26. The third-order valence-electron chi connectivity index (χ3n) is 11.5. The van der Waals surface area contributed by atoms with Gasteiger partial charge in [-0.15, -0.1) is 22.7 Å². The molecule has 57 heavy (non-hydrogen) atoms. The number of aromatic nitrogens is 1. The van der Waals surface area contributed by atoms with Gasteiger partial charge in [0.25, 0.3) is 0 Å². The van der Waals surface area contributed by atoms with Gasteiger partial charge < -0.3 is 9.88 Å². The summed E-state index contributed by atoms with van der Waals surface area (Å²) in [4.78, 5) is 5.28. The Kier molecular flexibility index (Phi) is 7.45. The van der Waals surface area contributed by atoms with E-state index >= 15 is 0 Å². The Morgan fingerprint density at radius 1 is 0.456 bits per heavy atom. The van der Waals surface area contributed by atoms with Crippen LogP contribution in [0.4, 0.5) is 0 Å². The predicted octanol–water partition coefficient (Wildman–Crippen LogP) is 13.5. The Bertz CT molecular complexity index is 3320. The molecule has 0 amide bonds. The second-order valence-electron chi connectivity index (χ2n) is 14.8. The molecule has 0 spiro atoms. The molecule has 0 aliphatic carbocycles. The van der Waals surface area contributed by atoms with Crippen molar-refractivity contribution in [3.8, 4) is 16.8 Å². The highest BCUT2D eigenvalue weighted by atomic mass is 32.1. The Labute approximate surface area is 337 Å². The first-order valence-electron chi connectivity index (χ1n) is 19.3. The van der Waals surface area contributed by atoms with Crippen LogP contribution >= 0.6 is 22.7 Å². The van der Waals surface area contributed by atoms with Gasteiger partial charge in [-0.05, 0) is 70.8 Å². The van der Waals surface area contributed by atoms with Gasteiger partial charge in [-0.2, -0.15) is 0 Å². The van der Waals surface area contributed by atoms with Crippen molar-refractivity contribution in [3.63, 3.8) is 0 Å². The zero-order valence-electron chi connectivity index (χ0n) is 30.7. The van der Waals surface area contributed by atoms with Crippen LogP contribution in [-0.2, 0) is 0 Å². The van der Waals surface area contributed by atoms with E-state index in [2.05, 4.69) is 197 Å². The molecule has 0 radical (unpaired) electrons. The monoisotopic (exact) mass is 766 g/mol. The summed E-state index contributed by atoms with van der Waals surface area (Å²) < 4.78 is 7.53. The van der Waals surface area contributed by atoms with E-state index in [1.165, 1.54) is 84.5 Å². The van der Waals surface area contributed by atoms with Crippen molar-refractivity contribution in [2.24, 2.45) is 4.99 Å². The molecule has 11 aromatic rings. The lowest BCUT2D eigenvalue weighted by Crippen LogP contribution is -2.44. The highest BCUT2D eigenvalue weighted by Gasteiger charge is 2.26. The number of thiophene rings is 2. The van der Waals surface area contributed by atoms with Crippen LogP contribution in [0.5, 0.6) is 0 Å². The molecule has 0 bridgehead atoms. The van der Waals surface area contributed by atoms with Crippen LogP contribution < -0.4 is 10.6 Å². The number of para-hydroxylation sites is 2. The molecule has 12 rings (SSSR count). The van der Waals surface area contributed by atoms with Crippen LogP contribution in [0.25, 0.3) is 79.0 Å². The molecule has 4 nitrogen and oxygen atoms in total. The predicted molar refractivity (Wildman–Crippen MR) is 243 cm³/mol. The topological polar surface area (TPSA) is 41.4 Å². The fraction of sp³-hybridized carbons (Fsp3) is 0.0392. The van der Waals surface area contributed by atoms with E-state index in [1.54, 1.807) is 0 Å². The molecule has 2 atom stereocenters. The fourth-order valence-corrected chi connectivity index (χ4v) is 11.1. The maximum atomic E-state index is 5.28. The van der Waals surface area contributed by atoms with Gasteiger partial charge in [0.1, 0.15) is 18.2 Å². The number of rotatable bonds is 5. The first kappa shape index (κ1) is 32.7. The van der Waals surface area contributed by atoms with Gasteiger partial charge in [-0.25, -0.2) is 4.99 Å². The summed E-state index contributed by atoms with van der Waals surface area (Å²) in [5, 5.41) is 15.2. The average molecular weight is 767 g/mol. The van der Waals surface area contributed by atoms with Gasteiger partial charge >= 0.3 is 0 Å². The van der Waals surface area contributed by atoms with Crippen LogP contribution in [-0.4, -0.2) is 10.4 Å². The van der Waals surface area contributed by atoms with E-state index in [-0.39, 0.29) is 12.3 Å². The van der Waals surface area contributed by atoms with Crippen LogP contribution in [0.1, 0.15) is 29.0 Å². The molecule has 6 heteroatoms. The minimum Gasteiger partial charge on any atom is -0.350 e. The zero-order valence-corrected chi connectivity index (χ0v) is 32.3. The lowest BCUT2D eigenvalue weighted by molar-refractivity contribution is 0.409. The molecular formula is C51H34N4S2. The smallest absolute Gasteiger partial charge is 0.133 e. The normalized spacial score (nSPS) is 15.9. The fourth-order valence-electron chi connectivity index (χ4n) is 8.77. The van der Waals surface area contributed by atoms with Crippen LogP contribution in [0.15, 0.2) is 187 Å². The highest BCUT2D eigenvalue weighted by Crippen LogP contribution is 2.42. The number of fused-ring (bicyclic) bond motifs is 9. The van der Waals surface area contributed by atoms with Crippen molar-refractivity contribution in [2.75, 3.05) is 0 Å². The maximum Gasteiger partial charge on any atom is 0.133 e. The van der Waals surface area contributed by atoms with Crippen molar-refractivity contribution >= 4 is 90.7 Å². The standard InChI is InChI=1S/C51H34N4S2/c1-3-12-31(13-4-1)49-52-50(32-14-5-2-6-15-32)54-51(53-49)41-19-11-18-40-38-25-22-34(29-47(38)57-48(40)41)33-23-26-39-42-30-35(24-27-45(42)56-46(39)28-33)55-43-20-9-7-16-36(43)37-17-8-10-21-44(37)55/h1-30,49-50,52H,(H,53,54). The second-order valence-corrected chi connectivity index (χ2v) is 16.9. The SMILES string of the molecule is c1ccc(C2N=C(c3cccc4c3sc3cc(-c5ccc6c(c5)sc5ccc(-n7c8ccccc8c8ccccc87)cc56)ccc34)NC(c3ccccc3)N2)cc1. The number of nitrogens with zero attached hydrogens (tertiary/aromatic N) is 2. The van der Waals surface area contributed by atoms with E-state index in [4.69, 9.17) is 4.99 Å². The van der Waals surface area contributed by atoms with Crippen LogP contribution in [0.2, 0.25) is 0 Å². The number of aliphatic imine (C=N–C) groups is 1. The van der Waals surface area contributed by atoms with E-state index in [0.29, 0.717) is 0 Å². The summed E-state index contributed by atoms with van der Waals surface area (Å²) in [6, 6.07) is 66.1.